The maximum absolute atomic E-state index is 13.3. The molecule has 3 fully saturated rings. The van der Waals surface area contributed by atoms with Gasteiger partial charge in [-0.05, 0) is 96.3 Å². The minimum absolute atomic E-state index is 0.171. The Bertz CT molecular complexity index is 1950. The number of aliphatic hydroxyl groups is 11. The molecule has 3 aliphatic heterocycles. The van der Waals surface area contributed by atoms with E-state index in [0.29, 0.717) is 12.8 Å². The van der Waals surface area contributed by atoms with Gasteiger partial charge in [0.15, 0.2) is 18.9 Å². The van der Waals surface area contributed by atoms with Gasteiger partial charge in [-0.25, -0.2) is 0 Å². The van der Waals surface area contributed by atoms with Gasteiger partial charge >= 0.3 is 0 Å². The molecule has 17 unspecified atom stereocenters. The summed E-state index contributed by atoms with van der Waals surface area (Å²) in [6, 6.07) is -1.02. The van der Waals surface area contributed by atoms with Crippen LogP contribution in [0.25, 0.3) is 0 Å². The maximum atomic E-state index is 13.3. The van der Waals surface area contributed by atoms with Gasteiger partial charge in [0.2, 0.25) is 5.91 Å². The van der Waals surface area contributed by atoms with Crippen molar-refractivity contribution in [1.29, 1.82) is 0 Å². The van der Waals surface area contributed by atoms with Gasteiger partial charge in [0, 0.05) is 6.42 Å². The summed E-state index contributed by atoms with van der Waals surface area (Å²) in [6.07, 6.45) is 30.7. The van der Waals surface area contributed by atoms with E-state index in [0.717, 1.165) is 89.9 Å². The number of carbonyl (C=O) groups excluding carboxylic acids is 1. The molecule has 12 N–H and O–H groups in total. The lowest BCUT2D eigenvalue weighted by Crippen LogP contribution is -2.66. The highest BCUT2D eigenvalue weighted by Crippen LogP contribution is 2.33. The van der Waals surface area contributed by atoms with E-state index in [2.05, 4.69) is 129 Å². The van der Waals surface area contributed by atoms with Crippen LogP contribution in [-0.4, -0.2) is 193 Å². The minimum Gasteiger partial charge on any atom is -0.394 e. The molecule has 1 amide bonds. The number of allylic oxidation sites excluding steroid dienone is 19. The van der Waals surface area contributed by atoms with Crippen molar-refractivity contribution in [2.24, 2.45) is 0 Å². The van der Waals surface area contributed by atoms with Crippen molar-refractivity contribution in [2.75, 3.05) is 26.4 Å². The van der Waals surface area contributed by atoms with Crippen molar-refractivity contribution >= 4 is 5.91 Å². The van der Waals surface area contributed by atoms with E-state index in [-0.39, 0.29) is 12.3 Å². The first-order valence-electron chi connectivity index (χ1n) is 29.3. The Morgan fingerprint density at radius 1 is 0.457 bits per heavy atom. The number of ether oxygens (including phenoxy) is 6. The van der Waals surface area contributed by atoms with Crippen LogP contribution in [0.5, 0.6) is 0 Å². The predicted molar refractivity (Wildman–Crippen MR) is 309 cm³/mol. The molecule has 19 heteroatoms. The molecule has 19 nitrogen and oxygen atoms in total. The van der Waals surface area contributed by atoms with Crippen LogP contribution < -0.4 is 5.32 Å². The highest BCUT2D eigenvalue weighted by Gasteiger charge is 2.53. The second-order valence-corrected chi connectivity index (χ2v) is 20.4. The Balaban J connectivity index is 1.47. The molecule has 3 saturated heterocycles. The quantitative estimate of drug-likeness (QED) is 0.0286. The minimum atomic E-state index is -1.99. The van der Waals surface area contributed by atoms with E-state index in [1.807, 2.05) is 0 Å². The van der Waals surface area contributed by atoms with Crippen LogP contribution >= 0.6 is 0 Å². The fourth-order valence-electron chi connectivity index (χ4n) is 8.92. The van der Waals surface area contributed by atoms with Gasteiger partial charge in [0.1, 0.15) is 73.2 Å². The lowest BCUT2D eigenvalue weighted by atomic mass is 9.96. The summed E-state index contributed by atoms with van der Waals surface area (Å²) in [5.74, 6) is -0.338. The average Bonchev–Trinajstić information content (AvgIpc) is 3.47. The van der Waals surface area contributed by atoms with E-state index < -0.39 is 131 Å². The van der Waals surface area contributed by atoms with E-state index in [1.54, 1.807) is 12.2 Å². The first-order valence-corrected chi connectivity index (χ1v) is 29.3. The largest absolute Gasteiger partial charge is 0.394 e. The van der Waals surface area contributed by atoms with Crippen LogP contribution in [0.15, 0.2) is 122 Å². The number of amides is 1. The number of carbonyl (C=O) groups is 1. The van der Waals surface area contributed by atoms with Crippen molar-refractivity contribution in [2.45, 2.75) is 234 Å². The molecular formula is C62H99NO18. The number of hydrogen-bond acceptors (Lipinski definition) is 18. The van der Waals surface area contributed by atoms with Gasteiger partial charge in [-0.3, -0.25) is 4.79 Å². The van der Waals surface area contributed by atoms with Gasteiger partial charge in [-0.2, -0.15) is 0 Å². The number of rotatable bonds is 40. The fourth-order valence-corrected chi connectivity index (χ4v) is 8.92. The molecule has 0 aliphatic carbocycles. The molecule has 0 aromatic carbocycles. The highest BCUT2D eigenvalue weighted by molar-refractivity contribution is 5.76. The molecule has 81 heavy (non-hydrogen) atoms. The Morgan fingerprint density at radius 2 is 0.852 bits per heavy atom. The van der Waals surface area contributed by atoms with Crippen molar-refractivity contribution < 1.29 is 89.4 Å². The van der Waals surface area contributed by atoms with E-state index in [9.17, 15) is 61.0 Å². The van der Waals surface area contributed by atoms with Crippen LogP contribution in [-0.2, 0) is 33.2 Å². The summed E-state index contributed by atoms with van der Waals surface area (Å²) >= 11 is 0. The highest BCUT2D eigenvalue weighted by atomic mass is 16.8. The molecule has 3 heterocycles. The van der Waals surface area contributed by atoms with Crippen LogP contribution in [0.1, 0.15) is 129 Å². The first-order chi connectivity index (χ1) is 39.3. The third-order valence-electron chi connectivity index (χ3n) is 13.7. The fraction of sp³-hybridized carbons (Fsp3) is 0.661. The standard InChI is InChI=1S/C62H99NO18/c1-3-5-7-9-11-13-14-15-16-17-18-19-20-21-22-23-24-25-26-27-28-29-30-32-34-36-38-40-50(68)63-45(46(67)39-37-35-33-31-12-10-8-6-4-2)44-76-60-56(74)53(71)58(48(42-65)78-60)81-62-57(75)54(72)59(49(43-66)79-62)80-61-55(73)52(70)51(69)47(41-64)77-61/h5,7,11-13,15-16,18-19,21-22,24-25,27-28,30-32,37,39,45-49,51-62,64-67,69-75H,3-4,6,8-10,14,17,20,23,26,29,33-36,38,40-44H2,1-2H3,(H,63,68)/b7-5-,13-11-,16-15-,19-18-,22-21-,25-24-,28-27-,31-12+,32-30-,39-37+. The smallest absolute Gasteiger partial charge is 0.220 e. The van der Waals surface area contributed by atoms with Crippen LogP contribution in [0.3, 0.4) is 0 Å². The molecule has 0 spiro atoms. The number of nitrogens with one attached hydrogen (secondary N) is 1. The summed E-state index contributed by atoms with van der Waals surface area (Å²) in [5.41, 5.74) is 0. The third-order valence-corrected chi connectivity index (χ3v) is 13.7. The molecule has 0 aromatic rings. The first kappa shape index (κ1) is 71.5. The zero-order chi connectivity index (χ0) is 59.0. The van der Waals surface area contributed by atoms with Gasteiger partial charge in [-0.15, -0.1) is 0 Å². The van der Waals surface area contributed by atoms with Crippen LogP contribution in [0, 0.1) is 0 Å². The second kappa shape index (κ2) is 43.8. The van der Waals surface area contributed by atoms with Gasteiger partial charge in [-0.1, -0.05) is 148 Å². The number of hydrogen-bond donors (Lipinski definition) is 12. The second-order valence-electron chi connectivity index (χ2n) is 20.4. The van der Waals surface area contributed by atoms with Gasteiger partial charge in [0.25, 0.3) is 0 Å². The molecule has 3 rings (SSSR count). The average molecular weight is 1150 g/mol. The molecular weight excluding hydrogens is 1050 g/mol. The summed E-state index contributed by atoms with van der Waals surface area (Å²) in [4.78, 5) is 13.3. The number of unbranched alkanes of at least 4 members (excludes halogenated alkanes) is 6. The zero-order valence-corrected chi connectivity index (χ0v) is 47.7. The van der Waals surface area contributed by atoms with Crippen molar-refractivity contribution in [3.8, 4) is 0 Å². The Morgan fingerprint density at radius 3 is 1.33 bits per heavy atom. The van der Waals surface area contributed by atoms with E-state index in [1.165, 1.54) is 6.42 Å². The summed E-state index contributed by atoms with van der Waals surface area (Å²) in [7, 11) is 0. The summed E-state index contributed by atoms with van der Waals surface area (Å²) < 4.78 is 34.1. The summed E-state index contributed by atoms with van der Waals surface area (Å²) in [6.45, 7) is 1.44. The lowest BCUT2D eigenvalue weighted by Gasteiger charge is -2.48. The molecule has 3 aliphatic rings. The van der Waals surface area contributed by atoms with Crippen molar-refractivity contribution in [1.82, 2.24) is 5.32 Å². The van der Waals surface area contributed by atoms with Crippen LogP contribution in [0.4, 0.5) is 0 Å². The van der Waals surface area contributed by atoms with E-state index in [4.69, 9.17) is 28.4 Å². The Hall–Kier alpha value is -3.81. The maximum Gasteiger partial charge on any atom is 0.220 e. The third kappa shape index (κ3) is 27.6. The SMILES string of the molecule is CC/C=C\C/C=C\C/C=C\C/C=C\C/C=C\C/C=C\C/C=C\C/C=C\CCCCC(=O)NC(COC1OC(CO)C(OC2OC(CO)C(OC3OC(CO)C(O)C(O)C3O)C(O)C2O)C(O)C1O)C(O)/C=C/CC/C=C/CCCCC. The molecule has 0 bridgehead atoms. The number of aliphatic hydroxyl groups excluding tert-OH is 11. The molecule has 0 radical (unpaired) electrons. The van der Waals surface area contributed by atoms with Gasteiger partial charge in [0.05, 0.1) is 38.6 Å². The molecule has 460 valence electrons. The van der Waals surface area contributed by atoms with Crippen molar-refractivity contribution in [3.63, 3.8) is 0 Å². The monoisotopic (exact) mass is 1150 g/mol. The lowest BCUT2D eigenvalue weighted by molar-refractivity contribution is -0.379. The zero-order valence-electron chi connectivity index (χ0n) is 47.7. The van der Waals surface area contributed by atoms with Crippen LogP contribution in [0.2, 0.25) is 0 Å². The predicted octanol–water partition coefficient (Wildman–Crippen LogP) is 4.92. The molecule has 0 aromatic heterocycles. The molecule has 17 atom stereocenters. The summed E-state index contributed by atoms with van der Waals surface area (Å²) in [5, 5.41) is 120. The van der Waals surface area contributed by atoms with Gasteiger partial charge < -0.3 is 89.9 Å². The normalized spacial score (nSPS) is 30.7. The Labute approximate surface area is 480 Å². The topological polar surface area (TPSA) is 307 Å². The Kier molecular flexibility index (Phi) is 38.6. The van der Waals surface area contributed by atoms with Crippen molar-refractivity contribution in [3.05, 3.63) is 122 Å². The van der Waals surface area contributed by atoms with E-state index >= 15 is 0 Å². The molecule has 0 saturated carbocycles.